The van der Waals surface area contributed by atoms with Crippen molar-refractivity contribution in [1.29, 1.82) is 0 Å². The SMILES string of the molecule is O=C(Nc1ccc(OC2CCCCC2)cc1)c1nc[nH]c1C(=O)Nc1nc2ccccc2[nH]1. The Morgan fingerprint density at radius 3 is 2.52 bits per heavy atom. The van der Waals surface area contributed by atoms with Crippen LogP contribution in [0.2, 0.25) is 0 Å². The topological polar surface area (TPSA) is 125 Å². The molecule has 0 spiro atoms. The lowest BCUT2D eigenvalue weighted by Gasteiger charge is -2.23. The maximum atomic E-state index is 12.8. The van der Waals surface area contributed by atoms with Crippen LogP contribution >= 0.6 is 0 Å². The minimum atomic E-state index is -0.520. The number of fused-ring (bicyclic) bond motifs is 1. The van der Waals surface area contributed by atoms with E-state index < -0.39 is 11.8 Å². The van der Waals surface area contributed by atoms with Crippen LogP contribution in [0.25, 0.3) is 11.0 Å². The van der Waals surface area contributed by atoms with Crippen LogP contribution in [0.5, 0.6) is 5.75 Å². The van der Waals surface area contributed by atoms with Gasteiger partial charge in [0.15, 0.2) is 5.69 Å². The van der Waals surface area contributed by atoms with E-state index >= 15 is 0 Å². The number of carbonyl (C=O) groups excluding carboxylic acids is 2. The van der Waals surface area contributed by atoms with Crippen LogP contribution in [-0.2, 0) is 0 Å². The lowest BCUT2D eigenvalue weighted by atomic mass is 9.98. The highest BCUT2D eigenvalue weighted by Gasteiger charge is 2.22. The molecule has 33 heavy (non-hydrogen) atoms. The molecule has 168 valence electrons. The molecule has 1 saturated carbocycles. The molecule has 2 aromatic heterocycles. The Balaban J connectivity index is 1.23. The van der Waals surface area contributed by atoms with Gasteiger partial charge < -0.3 is 20.0 Å². The molecule has 0 radical (unpaired) electrons. The molecule has 2 aromatic carbocycles. The minimum Gasteiger partial charge on any atom is -0.490 e. The first kappa shape index (κ1) is 20.7. The minimum absolute atomic E-state index is 0.00820. The lowest BCUT2D eigenvalue weighted by Crippen LogP contribution is -2.21. The Bertz CT molecular complexity index is 1240. The Hall–Kier alpha value is -4.14. The zero-order chi connectivity index (χ0) is 22.6. The van der Waals surface area contributed by atoms with E-state index in [0.717, 1.165) is 29.6 Å². The fourth-order valence-corrected chi connectivity index (χ4v) is 4.00. The molecule has 2 amide bonds. The van der Waals surface area contributed by atoms with Crippen molar-refractivity contribution in [3.8, 4) is 5.75 Å². The zero-order valence-corrected chi connectivity index (χ0v) is 17.9. The van der Waals surface area contributed by atoms with E-state index in [4.69, 9.17) is 4.74 Å². The molecule has 1 aliphatic rings. The van der Waals surface area contributed by atoms with Gasteiger partial charge in [-0.3, -0.25) is 14.9 Å². The van der Waals surface area contributed by atoms with E-state index in [1.807, 2.05) is 36.4 Å². The third kappa shape index (κ3) is 4.72. The van der Waals surface area contributed by atoms with E-state index in [1.165, 1.54) is 25.6 Å². The van der Waals surface area contributed by atoms with E-state index in [1.54, 1.807) is 12.1 Å². The number of nitrogens with one attached hydrogen (secondary N) is 4. The number of hydrogen-bond donors (Lipinski definition) is 4. The van der Waals surface area contributed by atoms with Crippen molar-refractivity contribution < 1.29 is 14.3 Å². The predicted molar refractivity (Wildman–Crippen MR) is 125 cm³/mol. The van der Waals surface area contributed by atoms with Crippen LogP contribution in [-0.4, -0.2) is 37.9 Å². The van der Waals surface area contributed by atoms with Gasteiger partial charge in [0, 0.05) is 5.69 Å². The average molecular weight is 444 g/mol. The summed E-state index contributed by atoms with van der Waals surface area (Å²) in [5, 5.41) is 5.44. The van der Waals surface area contributed by atoms with Gasteiger partial charge in [-0.2, -0.15) is 0 Å². The number of aromatic nitrogens is 4. The summed E-state index contributed by atoms with van der Waals surface area (Å²) < 4.78 is 6.02. The molecule has 1 fully saturated rings. The van der Waals surface area contributed by atoms with Crippen molar-refractivity contribution in [3.63, 3.8) is 0 Å². The number of hydrogen-bond acceptors (Lipinski definition) is 5. The average Bonchev–Trinajstić information content (AvgIpc) is 3.48. The smallest absolute Gasteiger partial charge is 0.276 e. The molecule has 0 aliphatic heterocycles. The molecule has 4 aromatic rings. The van der Waals surface area contributed by atoms with Gasteiger partial charge in [-0.1, -0.05) is 18.6 Å². The number of benzene rings is 2. The zero-order valence-electron chi connectivity index (χ0n) is 17.9. The number of rotatable bonds is 6. The molecule has 0 bridgehead atoms. The molecular weight excluding hydrogens is 420 g/mol. The number of imidazole rings is 2. The highest BCUT2D eigenvalue weighted by molar-refractivity contribution is 6.13. The number of ether oxygens (including phenoxy) is 1. The van der Waals surface area contributed by atoms with E-state index in [0.29, 0.717) is 5.69 Å². The molecule has 9 nitrogen and oxygen atoms in total. The molecule has 4 N–H and O–H groups in total. The van der Waals surface area contributed by atoms with E-state index in [9.17, 15) is 9.59 Å². The second-order valence-corrected chi connectivity index (χ2v) is 8.04. The van der Waals surface area contributed by atoms with Gasteiger partial charge in [0.25, 0.3) is 11.8 Å². The van der Waals surface area contributed by atoms with Crippen LogP contribution in [0, 0.1) is 0 Å². The maximum absolute atomic E-state index is 12.8. The molecule has 0 atom stereocenters. The quantitative estimate of drug-likeness (QED) is 0.348. The summed E-state index contributed by atoms with van der Waals surface area (Å²) in [5.41, 5.74) is 2.15. The van der Waals surface area contributed by atoms with Gasteiger partial charge in [-0.25, -0.2) is 9.97 Å². The number of aromatic amines is 2. The van der Waals surface area contributed by atoms with Crippen molar-refractivity contribution in [3.05, 3.63) is 66.2 Å². The van der Waals surface area contributed by atoms with Gasteiger partial charge in [-0.15, -0.1) is 0 Å². The predicted octanol–water partition coefficient (Wildman–Crippen LogP) is 4.50. The van der Waals surface area contributed by atoms with E-state index in [-0.39, 0.29) is 23.4 Å². The molecule has 5 rings (SSSR count). The molecule has 0 saturated heterocycles. The van der Waals surface area contributed by atoms with Gasteiger partial charge >= 0.3 is 0 Å². The van der Waals surface area contributed by atoms with Crippen LogP contribution in [0.1, 0.15) is 53.1 Å². The monoisotopic (exact) mass is 444 g/mol. The van der Waals surface area contributed by atoms with Crippen LogP contribution in [0.4, 0.5) is 11.6 Å². The lowest BCUT2D eigenvalue weighted by molar-refractivity contribution is 0.0985. The van der Waals surface area contributed by atoms with Crippen molar-refractivity contribution in [1.82, 2.24) is 19.9 Å². The fraction of sp³-hybridized carbons (Fsp3) is 0.250. The Labute approximate surface area is 190 Å². The third-order valence-corrected chi connectivity index (χ3v) is 5.67. The second kappa shape index (κ2) is 9.15. The highest BCUT2D eigenvalue weighted by Crippen LogP contribution is 2.24. The Morgan fingerprint density at radius 2 is 1.73 bits per heavy atom. The number of carbonyl (C=O) groups is 2. The standard InChI is InChI=1S/C24H24N6O3/c31-22(27-15-10-12-17(13-11-15)33-16-6-2-1-3-7-16)20-21(26-14-25-20)23(32)30-24-28-18-8-4-5-9-19(18)29-24/h4-5,8-14,16H,1-3,6-7H2,(H,25,26)(H,27,31)(H2,28,29,30,32). The number of anilines is 2. The largest absolute Gasteiger partial charge is 0.490 e. The van der Waals surface area contributed by atoms with Gasteiger partial charge in [0.05, 0.1) is 23.5 Å². The summed E-state index contributed by atoms with van der Waals surface area (Å²) in [5.74, 6) is 0.0566. The van der Waals surface area contributed by atoms with E-state index in [2.05, 4.69) is 30.6 Å². The first-order chi connectivity index (χ1) is 16.2. The van der Waals surface area contributed by atoms with Crippen molar-refractivity contribution in [2.24, 2.45) is 0 Å². The first-order valence-electron chi connectivity index (χ1n) is 11.0. The highest BCUT2D eigenvalue weighted by atomic mass is 16.5. The molecule has 9 heteroatoms. The maximum Gasteiger partial charge on any atom is 0.276 e. The van der Waals surface area contributed by atoms with Crippen LogP contribution in [0.3, 0.4) is 0 Å². The Morgan fingerprint density at radius 1 is 0.939 bits per heavy atom. The second-order valence-electron chi connectivity index (χ2n) is 8.04. The number of nitrogens with zero attached hydrogens (tertiary/aromatic N) is 2. The summed E-state index contributed by atoms with van der Waals surface area (Å²) in [4.78, 5) is 39.6. The summed E-state index contributed by atoms with van der Waals surface area (Å²) >= 11 is 0. The molecule has 2 heterocycles. The number of H-pyrrole nitrogens is 2. The number of para-hydroxylation sites is 2. The fourth-order valence-electron chi connectivity index (χ4n) is 4.00. The molecule has 1 aliphatic carbocycles. The Kier molecular flexibility index (Phi) is 5.75. The normalized spacial score (nSPS) is 14.2. The molecular formula is C24H24N6O3. The van der Waals surface area contributed by atoms with Gasteiger partial charge in [0.1, 0.15) is 11.4 Å². The first-order valence-corrected chi connectivity index (χ1v) is 11.0. The van der Waals surface area contributed by atoms with Gasteiger partial charge in [-0.05, 0) is 62.1 Å². The summed E-state index contributed by atoms with van der Waals surface area (Å²) in [6, 6.07) is 14.7. The third-order valence-electron chi connectivity index (χ3n) is 5.67. The van der Waals surface area contributed by atoms with Crippen LogP contribution in [0.15, 0.2) is 54.9 Å². The summed E-state index contributed by atoms with van der Waals surface area (Å²) in [6.45, 7) is 0. The van der Waals surface area contributed by atoms with Gasteiger partial charge in [0.2, 0.25) is 5.95 Å². The summed E-state index contributed by atoms with van der Waals surface area (Å²) in [6.07, 6.45) is 7.41. The number of amides is 2. The van der Waals surface area contributed by atoms with Crippen LogP contribution < -0.4 is 15.4 Å². The van der Waals surface area contributed by atoms with Crippen molar-refractivity contribution >= 4 is 34.5 Å². The van der Waals surface area contributed by atoms with Crippen molar-refractivity contribution in [2.75, 3.05) is 10.6 Å². The van der Waals surface area contributed by atoms with Crippen molar-refractivity contribution in [2.45, 2.75) is 38.2 Å². The molecule has 0 unspecified atom stereocenters. The summed E-state index contributed by atoms with van der Waals surface area (Å²) in [7, 11) is 0.